The van der Waals surface area contributed by atoms with Crippen LogP contribution >= 0.6 is 0 Å². The summed E-state index contributed by atoms with van der Waals surface area (Å²) >= 11 is 0. The minimum absolute atomic E-state index is 0.638. The van der Waals surface area contributed by atoms with E-state index >= 15 is 0 Å². The molecule has 0 aliphatic carbocycles. The molecule has 0 N–H and O–H groups in total. The lowest BCUT2D eigenvalue weighted by molar-refractivity contribution is 0.0894. The molecule has 1 fully saturated rings. The Kier molecular flexibility index (Phi) is 6.48. The van der Waals surface area contributed by atoms with E-state index in [1.165, 1.54) is 0 Å². The van der Waals surface area contributed by atoms with Gasteiger partial charge in [0.15, 0.2) is 0 Å². The number of hydrogen-bond donors (Lipinski definition) is 0. The summed E-state index contributed by atoms with van der Waals surface area (Å²) in [6.07, 6.45) is 0. The molecule has 21 heavy (non-hydrogen) atoms. The number of hydrogen-bond acceptors (Lipinski definition) is 5. The summed E-state index contributed by atoms with van der Waals surface area (Å²) in [6, 6.07) is 9.43. The second kappa shape index (κ2) is 8.63. The van der Waals surface area contributed by atoms with Gasteiger partial charge < -0.3 is 9.47 Å². The quantitative estimate of drug-likeness (QED) is 0.755. The Bertz CT molecular complexity index is 465. The van der Waals surface area contributed by atoms with Crippen LogP contribution in [0.4, 0.5) is 0 Å². The number of nitriles is 1. The van der Waals surface area contributed by atoms with Gasteiger partial charge in [0, 0.05) is 46.4 Å². The van der Waals surface area contributed by atoms with Gasteiger partial charge in [-0.05, 0) is 18.2 Å². The zero-order chi connectivity index (χ0) is 14.9. The average molecular weight is 289 g/mol. The van der Waals surface area contributed by atoms with Gasteiger partial charge in [-0.3, -0.25) is 9.80 Å². The Morgan fingerprint density at radius 1 is 1.10 bits per heavy atom. The van der Waals surface area contributed by atoms with Crippen LogP contribution in [-0.2, 0) is 4.74 Å². The van der Waals surface area contributed by atoms with Crippen molar-refractivity contribution in [2.45, 2.75) is 0 Å². The van der Waals surface area contributed by atoms with Crippen LogP contribution in [0.3, 0.4) is 0 Å². The number of methoxy groups -OCH3 is 1. The third-order valence-electron chi connectivity index (χ3n) is 3.72. The van der Waals surface area contributed by atoms with E-state index in [0.29, 0.717) is 12.2 Å². The van der Waals surface area contributed by atoms with Crippen molar-refractivity contribution in [3.05, 3.63) is 29.8 Å². The van der Waals surface area contributed by atoms with Gasteiger partial charge in [-0.25, -0.2) is 0 Å². The number of rotatable bonds is 7. The molecule has 0 aromatic heterocycles. The van der Waals surface area contributed by atoms with Crippen molar-refractivity contribution in [3.8, 4) is 11.8 Å². The van der Waals surface area contributed by atoms with Crippen LogP contribution in [0, 0.1) is 11.3 Å². The molecule has 1 aromatic carbocycles. The second-order valence-corrected chi connectivity index (χ2v) is 5.16. The van der Waals surface area contributed by atoms with Gasteiger partial charge in [-0.15, -0.1) is 0 Å². The van der Waals surface area contributed by atoms with E-state index in [1.807, 2.05) is 12.1 Å². The lowest BCUT2D eigenvalue weighted by Crippen LogP contribution is -2.48. The predicted octanol–water partition coefficient (Wildman–Crippen LogP) is 1.20. The molecule has 5 heteroatoms. The Morgan fingerprint density at radius 3 is 2.38 bits per heavy atom. The molecule has 0 atom stereocenters. The first-order valence-electron chi connectivity index (χ1n) is 7.38. The highest BCUT2D eigenvalue weighted by Crippen LogP contribution is 2.12. The maximum absolute atomic E-state index is 8.85. The van der Waals surface area contributed by atoms with Crippen LogP contribution in [0.15, 0.2) is 24.3 Å². The fourth-order valence-corrected chi connectivity index (χ4v) is 2.40. The molecule has 1 aromatic rings. The first kappa shape index (κ1) is 15.8. The molecule has 1 saturated heterocycles. The van der Waals surface area contributed by atoms with E-state index in [1.54, 1.807) is 19.2 Å². The molecule has 1 aliphatic rings. The van der Waals surface area contributed by atoms with Gasteiger partial charge in [0.1, 0.15) is 12.4 Å². The molecule has 0 amide bonds. The van der Waals surface area contributed by atoms with Crippen molar-refractivity contribution in [1.82, 2.24) is 9.80 Å². The highest BCUT2D eigenvalue weighted by molar-refractivity contribution is 5.36. The molecular formula is C16H23N3O2. The topological polar surface area (TPSA) is 48.7 Å². The second-order valence-electron chi connectivity index (χ2n) is 5.16. The first-order chi connectivity index (χ1) is 10.3. The maximum Gasteiger partial charge on any atom is 0.120 e. The smallest absolute Gasteiger partial charge is 0.120 e. The number of nitrogens with zero attached hydrogens (tertiary/aromatic N) is 3. The Morgan fingerprint density at radius 2 is 1.76 bits per heavy atom. The highest BCUT2D eigenvalue weighted by Gasteiger charge is 2.15. The van der Waals surface area contributed by atoms with Crippen LogP contribution in [-0.4, -0.2) is 69.4 Å². The van der Waals surface area contributed by atoms with Crippen LogP contribution in [0.5, 0.6) is 5.75 Å². The Labute approximate surface area is 126 Å². The molecule has 0 unspecified atom stereocenters. The summed E-state index contributed by atoms with van der Waals surface area (Å²) in [7, 11) is 1.74. The number of piperazine rings is 1. The third-order valence-corrected chi connectivity index (χ3v) is 3.72. The summed E-state index contributed by atoms with van der Waals surface area (Å²) in [5, 5.41) is 8.85. The molecule has 1 aliphatic heterocycles. The average Bonchev–Trinajstić information content (AvgIpc) is 2.54. The fraction of sp³-hybridized carbons (Fsp3) is 0.562. The van der Waals surface area contributed by atoms with Crippen molar-refractivity contribution in [1.29, 1.82) is 5.26 Å². The van der Waals surface area contributed by atoms with E-state index < -0.39 is 0 Å². The molecule has 0 saturated carbocycles. The molecule has 2 rings (SSSR count). The van der Waals surface area contributed by atoms with E-state index in [9.17, 15) is 0 Å². The van der Waals surface area contributed by atoms with Crippen LogP contribution in [0.1, 0.15) is 5.56 Å². The van der Waals surface area contributed by atoms with E-state index in [-0.39, 0.29) is 0 Å². The van der Waals surface area contributed by atoms with Crippen molar-refractivity contribution in [2.75, 3.05) is 59.6 Å². The standard InChI is InChI=1S/C16H23N3O2/c1-20-11-9-18-5-7-19(8-6-18)10-12-21-16-4-2-3-15(13-16)14-17/h2-4,13H,5-12H2,1H3. The van der Waals surface area contributed by atoms with Gasteiger partial charge in [0.05, 0.1) is 18.2 Å². The lowest BCUT2D eigenvalue weighted by atomic mass is 10.2. The first-order valence-corrected chi connectivity index (χ1v) is 7.38. The van der Waals surface area contributed by atoms with Gasteiger partial charge in [-0.1, -0.05) is 6.07 Å². The molecule has 1 heterocycles. The Balaban J connectivity index is 1.65. The van der Waals surface area contributed by atoms with Crippen molar-refractivity contribution in [2.24, 2.45) is 0 Å². The lowest BCUT2D eigenvalue weighted by Gasteiger charge is -2.34. The van der Waals surface area contributed by atoms with E-state index in [2.05, 4.69) is 15.9 Å². The molecule has 0 spiro atoms. The molecule has 0 bridgehead atoms. The summed E-state index contributed by atoms with van der Waals surface area (Å²) < 4.78 is 10.8. The van der Waals surface area contributed by atoms with Crippen molar-refractivity contribution >= 4 is 0 Å². The number of ether oxygens (including phenoxy) is 2. The van der Waals surface area contributed by atoms with Crippen molar-refractivity contribution < 1.29 is 9.47 Å². The minimum atomic E-state index is 0.638. The zero-order valence-electron chi connectivity index (χ0n) is 12.6. The van der Waals surface area contributed by atoms with Gasteiger partial charge >= 0.3 is 0 Å². The summed E-state index contributed by atoms with van der Waals surface area (Å²) in [4.78, 5) is 4.84. The van der Waals surface area contributed by atoms with E-state index in [4.69, 9.17) is 14.7 Å². The summed E-state index contributed by atoms with van der Waals surface area (Å²) in [6.45, 7) is 7.74. The fourth-order valence-electron chi connectivity index (χ4n) is 2.40. The summed E-state index contributed by atoms with van der Waals surface area (Å²) in [5.74, 6) is 0.771. The third kappa shape index (κ3) is 5.35. The minimum Gasteiger partial charge on any atom is -0.492 e. The molecule has 0 radical (unpaired) electrons. The number of benzene rings is 1. The van der Waals surface area contributed by atoms with Gasteiger partial charge in [0.25, 0.3) is 0 Å². The zero-order valence-corrected chi connectivity index (χ0v) is 12.6. The SMILES string of the molecule is COCCN1CCN(CCOc2cccc(C#N)c2)CC1. The molecular weight excluding hydrogens is 266 g/mol. The monoisotopic (exact) mass is 289 g/mol. The summed E-state index contributed by atoms with van der Waals surface area (Å²) in [5.41, 5.74) is 0.638. The van der Waals surface area contributed by atoms with Crippen LogP contribution < -0.4 is 4.74 Å². The van der Waals surface area contributed by atoms with Crippen LogP contribution in [0.25, 0.3) is 0 Å². The largest absolute Gasteiger partial charge is 0.492 e. The maximum atomic E-state index is 8.85. The normalized spacial score (nSPS) is 16.6. The van der Waals surface area contributed by atoms with Crippen molar-refractivity contribution in [3.63, 3.8) is 0 Å². The van der Waals surface area contributed by atoms with Gasteiger partial charge in [0.2, 0.25) is 0 Å². The van der Waals surface area contributed by atoms with E-state index in [0.717, 1.165) is 51.6 Å². The molecule has 5 nitrogen and oxygen atoms in total. The van der Waals surface area contributed by atoms with Gasteiger partial charge in [-0.2, -0.15) is 5.26 Å². The molecule has 114 valence electrons. The Hall–Kier alpha value is -1.61. The highest BCUT2D eigenvalue weighted by atomic mass is 16.5. The van der Waals surface area contributed by atoms with Crippen LogP contribution in [0.2, 0.25) is 0 Å². The predicted molar refractivity (Wildman–Crippen MR) is 81.4 cm³/mol.